The fourth-order valence-corrected chi connectivity index (χ4v) is 3.19. The van der Waals surface area contributed by atoms with Crippen molar-refractivity contribution >= 4 is 0 Å². The van der Waals surface area contributed by atoms with Gasteiger partial charge in [0.15, 0.2) is 12.4 Å². The molecule has 1 unspecified atom stereocenters. The third-order valence-corrected chi connectivity index (χ3v) is 4.67. The van der Waals surface area contributed by atoms with Crippen LogP contribution in [0, 0.1) is 12.8 Å². The molecular formula is C21H38N+. The minimum Gasteiger partial charge on any atom is -0.205 e. The molecule has 0 aliphatic carbocycles. The predicted octanol–water partition coefficient (Wildman–Crippen LogP) is 6.23. The lowest BCUT2D eigenvalue weighted by Gasteiger charge is -2.10. The molecule has 0 radical (unpaired) electrons. The molecular weight excluding hydrogens is 266 g/mol. The summed E-state index contributed by atoms with van der Waals surface area (Å²) in [4.78, 5) is 0. The number of aromatic nitrogens is 1. The first-order valence-electron chi connectivity index (χ1n) is 9.68. The van der Waals surface area contributed by atoms with E-state index in [4.69, 9.17) is 0 Å². The van der Waals surface area contributed by atoms with Crippen LogP contribution in [-0.2, 0) is 6.54 Å². The van der Waals surface area contributed by atoms with Gasteiger partial charge in [0.05, 0.1) is 0 Å². The van der Waals surface area contributed by atoms with E-state index in [0.717, 1.165) is 5.92 Å². The van der Waals surface area contributed by atoms with E-state index in [1.165, 1.54) is 82.7 Å². The highest BCUT2D eigenvalue weighted by Crippen LogP contribution is 2.16. The molecule has 0 aliphatic heterocycles. The summed E-state index contributed by atoms with van der Waals surface area (Å²) in [6.45, 7) is 8.06. The maximum Gasteiger partial charge on any atom is 0.171 e. The zero-order chi connectivity index (χ0) is 16.0. The van der Waals surface area contributed by atoms with Gasteiger partial charge >= 0.3 is 0 Å². The molecule has 0 bridgehead atoms. The fraction of sp³-hybridized carbons (Fsp3) is 0.762. The van der Waals surface area contributed by atoms with Crippen LogP contribution in [0.3, 0.4) is 0 Å². The Kier molecular flexibility index (Phi) is 11.1. The molecule has 0 saturated heterocycles. The molecule has 0 amide bonds. The van der Waals surface area contributed by atoms with Crippen molar-refractivity contribution in [2.75, 3.05) is 0 Å². The van der Waals surface area contributed by atoms with Gasteiger partial charge in [-0.15, -0.1) is 0 Å². The Bertz CT molecular complexity index is 372. The van der Waals surface area contributed by atoms with E-state index in [0.29, 0.717) is 0 Å². The van der Waals surface area contributed by atoms with E-state index < -0.39 is 0 Å². The van der Waals surface area contributed by atoms with Crippen LogP contribution in [0.2, 0.25) is 0 Å². The normalized spacial score (nSPS) is 12.5. The van der Waals surface area contributed by atoms with Gasteiger partial charge in [0.2, 0.25) is 0 Å². The Morgan fingerprint density at radius 2 is 1.55 bits per heavy atom. The summed E-state index contributed by atoms with van der Waals surface area (Å²) in [5.41, 5.74) is 1.36. The Hall–Kier alpha value is -0.850. The number of unbranched alkanes of at least 4 members (excludes halogenated alkanes) is 7. The zero-order valence-electron chi connectivity index (χ0n) is 15.3. The van der Waals surface area contributed by atoms with E-state index in [2.05, 4.69) is 49.9 Å². The van der Waals surface area contributed by atoms with E-state index >= 15 is 0 Å². The topological polar surface area (TPSA) is 3.88 Å². The fourth-order valence-electron chi connectivity index (χ4n) is 3.19. The van der Waals surface area contributed by atoms with Gasteiger partial charge in [-0.3, -0.25) is 0 Å². The smallest absolute Gasteiger partial charge is 0.171 e. The van der Waals surface area contributed by atoms with Crippen LogP contribution in [0.15, 0.2) is 24.5 Å². The largest absolute Gasteiger partial charge is 0.205 e. The minimum absolute atomic E-state index is 0.894. The van der Waals surface area contributed by atoms with Crippen molar-refractivity contribution in [3.8, 4) is 0 Å². The highest BCUT2D eigenvalue weighted by Gasteiger charge is 2.05. The molecule has 1 atom stereocenters. The minimum atomic E-state index is 0.894. The maximum atomic E-state index is 2.43. The van der Waals surface area contributed by atoms with Crippen LogP contribution in [0.1, 0.15) is 90.0 Å². The zero-order valence-corrected chi connectivity index (χ0v) is 15.3. The van der Waals surface area contributed by atoms with Crippen molar-refractivity contribution in [1.82, 2.24) is 0 Å². The van der Waals surface area contributed by atoms with Gasteiger partial charge < -0.3 is 0 Å². The molecule has 1 nitrogen and oxygen atoms in total. The first-order chi connectivity index (χ1) is 10.7. The summed E-state index contributed by atoms with van der Waals surface area (Å²) in [6, 6.07) is 4.32. The van der Waals surface area contributed by atoms with Crippen molar-refractivity contribution in [2.45, 2.75) is 97.9 Å². The van der Waals surface area contributed by atoms with Crippen LogP contribution in [0.25, 0.3) is 0 Å². The molecule has 0 spiro atoms. The molecule has 0 aliphatic rings. The van der Waals surface area contributed by atoms with E-state index in [1.807, 2.05) is 0 Å². The Morgan fingerprint density at radius 1 is 0.909 bits per heavy atom. The van der Waals surface area contributed by atoms with Crippen LogP contribution in [-0.4, -0.2) is 0 Å². The second kappa shape index (κ2) is 12.7. The van der Waals surface area contributed by atoms with Gasteiger partial charge in [0.25, 0.3) is 0 Å². The highest BCUT2D eigenvalue weighted by molar-refractivity contribution is 5.01. The third kappa shape index (κ3) is 9.97. The van der Waals surface area contributed by atoms with E-state index in [9.17, 15) is 0 Å². The predicted molar refractivity (Wildman–Crippen MR) is 97.0 cm³/mol. The number of aryl methyl sites for hydroxylation is 2. The number of rotatable bonds is 13. The number of hydrogen-bond donors (Lipinski definition) is 0. The average Bonchev–Trinajstić information content (AvgIpc) is 2.50. The van der Waals surface area contributed by atoms with E-state index in [1.54, 1.807) is 0 Å². The van der Waals surface area contributed by atoms with Crippen LogP contribution >= 0.6 is 0 Å². The lowest BCUT2D eigenvalue weighted by atomic mass is 9.97. The van der Waals surface area contributed by atoms with Crippen molar-refractivity contribution in [3.63, 3.8) is 0 Å². The quantitative estimate of drug-likeness (QED) is 0.300. The van der Waals surface area contributed by atoms with Crippen molar-refractivity contribution < 1.29 is 4.57 Å². The number of pyridine rings is 1. The van der Waals surface area contributed by atoms with Gasteiger partial charge in [-0.05, 0) is 25.3 Å². The second-order valence-corrected chi connectivity index (χ2v) is 7.13. The molecule has 1 aromatic heterocycles. The molecule has 126 valence electrons. The molecule has 1 heteroatoms. The van der Waals surface area contributed by atoms with Crippen LogP contribution < -0.4 is 4.57 Å². The Balaban J connectivity index is 1.94. The molecule has 22 heavy (non-hydrogen) atoms. The van der Waals surface area contributed by atoms with E-state index in [-0.39, 0.29) is 0 Å². The van der Waals surface area contributed by atoms with Crippen molar-refractivity contribution in [2.24, 2.45) is 5.92 Å². The Labute approximate surface area is 139 Å². The number of nitrogens with zero attached hydrogens (tertiary/aromatic N) is 1. The lowest BCUT2D eigenvalue weighted by Crippen LogP contribution is -2.33. The SMILES string of the molecule is CCCCCCCCCCC(C)CCC[n+]1cccc(C)c1. The average molecular weight is 305 g/mol. The lowest BCUT2D eigenvalue weighted by molar-refractivity contribution is -0.697. The van der Waals surface area contributed by atoms with Crippen LogP contribution in [0.5, 0.6) is 0 Å². The van der Waals surface area contributed by atoms with Gasteiger partial charge in [-0.1, -0.05) is 71.6 Å². The molecule has 0 fully saturated rings. The Morgan fingerprint density at radius 3 is 2.23 bits per heavy atom. The summed E-state index contributed by atoms with van der Waals surface area (Å²) in [5.74, 6) is 0.894. The van der Waals surface area contributed by atoms with Crippen molar-refractivity contribution in [3.05, 3.63) is 30.1 Å². The highest BCUT2D eigenvalue weighted by atomic mass is 14.9. The molecule has 1 aromatic rings. The van der Waals surface area contributed by atoms with Crippen LogP contribution in [0.4, 0.5) is 0 Å². The monoisotopic (exact) mass is 304 g/mol. The maximum absolute atomic E-state index is 2.43. The molecule has 0 saturated carbocycles. The summed E-state index contributed by atoms with van der Waals surface area (Å²) in [7, 11) is 0. The summed E-state index contributed by atoms with van der Waals surface area (Å²) < 4.78 is 2.33. The molecule has 1 heterocycles. The molecule has 0 N–H and O–H groups in total. The van der Waals surface area contributed by atoms with Gasteiger partial charge in [0.1, 0.15) is 6.54 Å². The molecule has 1 rings (SSSR count). The van der Waals surface area contributed by atoms with Gasteiger partial charge in [0, 0.05) is 18.1 Å². The summed E-state index contributed by atoms with van der Waals surface area (Å²) >= 11 is 0. The second-order valence-electron chi connectivity index (χ2n) is 7.13. The van der Waals surface area contributed by atoms with Crippen molar-refractivity contribution in [1.29, 1.82) is 0 Å². The third-order valence-electron chi connectivity index (χ3n) is 4.67. The molecule has 0 aromatic carbocycles. The summed E-state index contributed by atoms with van der Waals surface area (Å²) in [6.07, 6.45) is 20.0. The van der Waals surface area contributed by atoms with Gasteiger partial charge in [-0.2, -0.15) is 0 Å². The van der Waals surface area contributed by atoms with Gasteiger partial charge in [-0.25, -0.2) is 4.57 Å². The number of hydrogen-bond acceptors (Lipinski definition) is 0. The first kappa shape index (κ1) is 19.2. The summed E-state index contributed by atoms with van der Waals surface area (Å²) in [5, 5.41) is 0. The standard InChI is InChI=1S/C21H38N/c1-4-5-6-7-8-9-10-11-14-20(2)15-12-17-22-18-13-16-21(3)19-22/h13,16,18-20H,4-12,14-15,17H2,1-3H3/q+1. The first-order valence-corrected chi connectivity index (χ1v) is 9.68.